The van der Waals surface area contributed by atoms with Crippen molar-refractivity contribution in [1.29, 1.82) is 0 Å². The summed E-state index contributed by atoms with van der Waals surface area (Å²) in [6, 6.07) is 12.8. The van der Waals surface area contributed by atoms with Crippen LogP contribution >= 0.6 is 0 Å². The van der Waals surface area contributed by atoms with E-state index in [1.807, 2.05) is 29.9 Å². The maximum absolute atomic E-state index is 4.52. The predicted octanol–water partition coefficient (Wildman–Crippen LogP) is 2.39. The van der Waals surface area contributed by atoms with Crippen molar-refractivity contribution >= 4 is 0 Å². The third-order valence-corrected chi connectivity index (χ3v) is 2.83. The van der Waals surface area contributed by atoms with Crippen molar-refractivity contribution in [1.82, 2.24) is 15.1 Å². The summed E-state index contributed by atoms with van der Waals surface area (Å²) >= 11 is 0. The fourth-order valence-corrected chi connectivity index (χ4v) is 1.93. The number of hydrogen-bond donors (Lipinski definition) is 1. The van der Waals surface area contributed by atoms with Gasteiger partial charge in [0.1, 0.15) is 0 Å². The molecule has 1 aromatic carbocycles. The lowest BCUT2D eigenvalue weighted by Gasteiger charge is -2.18. The van der Waals surface area contributed by atoms with E-state index in [-0.39, 0.29) is 6.04 Å². The summed E-state index contributed by atoms with van der Waals surface area (Å²) in [7, 11) is 0. The van der Waals surface area contributed by atoms with Crippen LogP contribution in [0.4, 0.5) is 0 Å². The zero-order chi connectivity index (χ0) is 12.1. The van der Waals surface area contributed by atoms with Crippen LogP contribution in [0.2, 0.25) is 0 Å². The Morgan fingerprint density at radius 3 is 2.59 bits per heavy atom. The minimum atomic E-state index is 0.268. The number of nitrogens with one attached hydrogen (secondary N) is 1. The molecule has 0 aliphatic carbocycles. The zero-order valence-corrected chi connectivity index (χ0v) is 10.4. The van der Waals surface area contributed by atoms with Crippen LogP contribution in [-0.2, 0) is 0 Å². The summed E-state index contributed by atoms with van der Waals surface area (Å²) in [5.74, 6) is 0. The second-order valence-electron chi connectivity index (χ2n) is 4.17. The number of hydrogen-bond acceptors (Lipinski definition) is 2. The number of aryl methyl sites for hydroxylation is 1. The van der Waals surface area contributed by atoms with Crippen molar-refractivity contribution in [3.05, 3.63) is 53.9 Å². The van der Waals surface area contributed by atoms with E-state index in [0.717, 1.165) is 18.8 Å². The molecule has 3 nitrogen and oxygen atoms in total. The molecule has 1 unspecified atom stereocenters. The third kappa shape index (κ3) is 2.94. The summed E-state index contributed by atoms with van der Waals surface area (Å²) in [6.07, 6.45) is 2.05. The minimum Gasteiger partial charge on any atom is -0.315 e. The highest BCUT2D eigenvalue weighted by Gasteiger charge is 2.13. The van der Waals surface area contributed by atoms with Gasteiger partial charge in [-0.15, -0.1) is 0 Å². The second kappa shape index (κ2) is 5.64. The third-order valence-electron chi connectivity index (χ3n) is 2.83. The first kappa shape index (κ1) is 11.9. The van der Waals surface area contributed by atoms with E-state index in [1.54, 1.807) is 0 Å². The van der Waals surface area contributed by atoms with Gasteiger partial charge < -0.3 is 5.32 Å². The summed E-state index contributed by atoms with van der Waals surface area (Å²) < 4.78 is 2.04. The maximum Gasteiger partial charge on any atom is 0.0892 e. The van der Waals surface area contributed by atoms with Gasteiger partial charge in [-0.3, -0.25) is 4.68 Å². The quantitative estimate of drug-likeness (QED) is 0.853. The van der Waals surface area contributed by atoms with Gasteiger partial charge >= 0.3 is 0 Å². The molecule has 0 spiro atoms. The molecule has 0 aliphatic rings. The van der Waals surface area contributed by atoms with Crippen molar-refractivity contribution in [3.63, 3.8) is 0 Å². The number of nitrogens with zero attached hydrogens (tertiary/aromatic N) is 2. The van der Waals surface area contributed by atoms with Crippen LogP contribution in [0.15, 0.2) is 42.6 Å². The van der Waals surface area contributed by atoms with E-state index in [0.29, 0.717) is 0 Å². The van der Waals surface area contributed by atoms with E-state index in [2.05, 4.69) is 41.6 Å². The largest absolute Gasteiger partial charge is 0.315 e. The molecular weight excluding hydrogens is 210 g/mol. The van der Waals surface area contributed by atoms with Crippen molar-refractivity contribution in [3.8, 4) is 0 Å². The van der Waals surface area contributed by atoms with Crippen LogP contribution in [0, 0.1) is 6.92 Å². The molecule has 2 aromatic rings. The van der Waals surface area contributed by atoms with Gasteiger partial charge in [0.15, 0.2) is 0 Å². The Balaban J connectivity index is 2.25. The van der Waals surface area contributed by atoms with E-state index in [4.69, 9.17) is 0 Å². The SMILES string of the molecule is CCNCC(c1ccccc1)n1ccc(C)n1. The Morgan fingerprint density at radius 2 is 2.00 bits per heavy atom. The van der Waals surface area contributed by atoms with Gasteiger partial charge in [-0.2, -0.15) is 5.10 Å². The summed E-state index contributed by atoms with van der Waals surface area (Å²) in [6.45, 7) is 6.02. The number of rotatable bonds is 5. The first-order valence-corrected chi connectivity index (χ1v) is 6.08. The monoisotopic (exact) mass is 229 g/mol. The fraction of sp³-hybridized carbons (Fsp3) is 0.357. The molecular formula is C14H19N3. The molecule has 0 fully saturated rings. The minimum absolute atomic E-state index is 0.268. The molecule has 17 heavy (non-hydrogen) atoms. The molecule has 1 N–H and O–H groups in total. The second-order valence-corrected chi connectivity index (χ2v) is 4.17. The van der Waals surface area contributed by atoms with Crippen LogP contribution in [0.5, 0.6) is 0 Å². The van der Waals surface area contributed by atoms with Gasteiger partial charge in [-0.1, -0.05) is 37.3 Å². The molecule has 0 bridgehead atoms. The van der Waals surface area contributed by atoms with E-state index >= 15 is 0 Å². The Kier molecular flexibility index (Phi) is 3.94. The first-order chi connectivity index (χ1) is 8.31. The summed E-state index contributed by atoms with van der Waals surface area (Å²) in [5, 5.41) is 7.91. The van der Waals surface area contributed by atoms with Crippen LogP contribution < -0.4 is 5.32 Å². The van der Waals surface area contributed by atoms with Crippen LogP contribution in [-0.4, -0.2) is 22.9 Å². The number of aromatic nitrogens is 2. The Hall–Kier alpha value is -1.61. The number of likely N-dealkylation sites (N-methyl/N-ethyl adjacent to an activating group) is 1. The van der Waals surface area contributed by atoms with Gasteiger partial charge in [-0.25, -0.2) is 0 Å². The predicted molar refractivity (Wildman–Crippen MR) is 70.1 cm³/mol. The highest BCUT2D eigenvalue weighted by Crippen LogP contribution is 2.16. The average molecular weight is 229 g/mol. The maximum atomic E-state index is 4.52. The molecule has 0 aliphatic heterocycles. The molecule has 1 aromatic heterocycles. The van der Waals surface area contributed by atoms with Gasteiger partial charge in [0, 0.05) is 12.7 Å². The van der Waals surface area contributed by atoms with Gasteiger partial charge in [0.05, 0.1) is 11.7 Å². The zero-order valence-electron chi connectivity index (χ0n) is 10.4. The lowest BCUT2D eigenvalue weighted by Crippen LogP contribution is -2.26. The van der Waals surface area contributed by atoms with Crippen molar-refractivity contribution in [2.24, 2.45) is 0 Å². The molecule has 90 valence electrons. The van der Waals surface area contributed by atoms with Gasteiger partial charge in [-0.05, 0) is 25.1 Å². The fourth-order valence-electron chi connectivity index (χ4n) is 1.93. The molecule has 0 radical (unpaired) electrons. The summed E-state index contributed by atoms with van der Waals surface area (Å²) in [4.78, 5) is 0. The smallest absolute Gasteiger partial charge is 0.0892 e. The molecule has 2 rings (SSSR count). The van der Waals surface area contributed by atoms with Crippen molar-refractivity contribution in [2.45, 2.75) is 19.9 Å². The summed E-state index contributed by atoms with van der Waals surface area (Å²) in [5.41, 5.74) is 2.35. The lowest BCUT2D eigenvalue weighted by atomic mass is 10.1. The Morgan fingerprint density at radius 1 is 1.24 bits per heavy atom. The van der Waals surface area contributed by atoms with Crippen LogP contribution in [0.25, 0.3) is 0 Å². The number of benzene rings is 1. The standard InChI is InChI=1S/C14H19N3/c1-3-15-11-14(13-7-5-4-6-8-13)17-10-9-12(2)16-17/h4-10,14-15H,3,11H2,1-2H3. The van der Waals surface area contributed by atoms with Gasteiger partial charge in [0.25, 0.3) is 0 Å². The Bertz CT molecular complexity index is 448. The average Bonchev–Trinajstić information content (AvgIpc) is 2.78. The highest BCUT2D eigenvalue weighted by molar-refractivity contribution is 5.20. The van der Waals surface area contributed by atoms with Gasteiger partial charge in [0.2, 0.25) is 0 Å². The van der Waals surface area contributed by atoms with Crippen molar-refractivity contribution in [2.75, 3.05) is 13.1 Å². The van der Waals surface area contributed by atoms with Crippen molar-refractivity contribution < 1.29 is 0 Å². The molecule has 3 heteroatoms. The van der Waals surface area contributed by atoms with Crippen LogP contribution in [0.1, 0.15) is 24.2 Å². The molecule has 1 heterocycles. The normalized spacial score (nSPS) is 12.6. The molecule has 0 amide bonds. The highest BCUT2D eigenvalue weighted by atomic mass is 15.3. The topological polar surface area (TPSA) is 29.9 Å². The van der Waals surface area contributed by atoms with E-state index < -0.39 is 0 Å². The molecule has 1 atom stereocenters. The lowest BCUT2D eigenvalue weighted by molar-refractivity contribution is 0.485. The molecule has 0 saturated carbocycles. The first-order valence-electron chi connectivity index (χ1n) is 6.08. The molecule has 0 saturated heterocycles. The van der Waals surface area contributed by atoms with Crippen LogP contribution in [0.3, 0.4) is 0 Å². The van der Waals surface area contributed by atoms with E-state index in [1.165, 1.54) is 5.56 Å². The Labute approximate surface area is 102 Å². The van der Waals surface area contributed by atoms with E-state index in [9.17, 15) is 0 Å².